The zero-order chi connectivity index (χ0) is 29.3. The highest BCUT2D eigenvalue weighted by Gasteiger charge is 2.16. The molecule has 0 aliphatic heterocycles. The second-order valence-corrected chi connectivity index (χ2v) is 11.2. The number of carbonyl (C=O) groups is 1. The van der Waals surface area contributed by atoms with E-state index in [1.54, 1.807) is 6.07 Å². The first-order valence-electron chi connectivity index (χ1n) is 14.3. The summed E-state index contributed by atoms with van der Waals surface area (Å²) in [7, 11) is 0. The quantitative estimate of drug-likeness (QED) is 0.155. The summed E-state index contributed by atoms with van der Waals surface area (Å²) in [6, 6.07) is 46.9. The van der Waals surface area contributed by atoms with Gasteiger partial charge in [-0.15, -0.1) is 10.2 Å². The van der Waals surface area contributed by atoms with Gasteiger partial charge < -0.3 is 9.73 Å². The van der Waals surface area contributed by atoms with E-state index in [0.717, 1.165) is 22.7 Å². The molecular formula is C37H31N3O2S. The maximum atomic E-state index is 12.8. The summed E-state index contributed by atoms with van der Waals surface area (Å²) < 4.78 is 5.85. The van der Waals surface area contributed by atoms with Crippen LogP contribution in [-0.2, 0) is 5.75 Å². The lowest BCUT2D eigenvalue weighted by Crippen LogP contribution is -2.25. The maximum absolute atomic E-state index is 12.8. The summed E-state index contributed by atoms with van der Waals surface area (Å²) in [6.07, 6.45) is 0.787. The largest absolute Gasteiger partial charge is 0.455 e. The lowest BCUT2D eigenvalue weighted by molar-refractivity contribution is 0.0923. The van der Waals surface area contributed by atoms with E-state index in [1.807, 2.05) is 48.5 Å². The summed E-state index contributed by atoms with van der Waals surface area (Å²) in [4.78, 5) is 12.8. The summed E-state index contributed by atoms with van der Waals surface area (Å²) in [5.41, 5.74) is 6.66. The van der Waals surface area contributed by atoms with Gasteiger partial charge >= 0.3 is 0 Å². The third-order valence-corrected chi connectivity index (χ3v) is 8.24. The summed E-state index contributed by atoms with van der Waals surface area (Å²) in [5.74, 6) is 1.57. The third kappa shape index (κ3) is 7.29. The fourth-order valence-electron chi connectivity index (χ4n) is 5.05. The molecule has 0 saturated carbocycles. The van der Waals surface area contributed by atoms with Crippen molar-refractivity contribution < 1.29 is 9.21 Å². The van der Waals surface area contributed by atoms with Gasteiger partial charge in [0.25, 0.3) is 5.91 Å². The molecule has 212 valence electrons. The zero-order valence-corrected chi connectivity index (χ0v) is 24.4. The van der Waals surface area contributed by atoms with Gasteiger partial charge in [-0.3, -0.25) is 4.79 Å². The fraction of sp³-hybridized carbons (Fsp3) is 0.108. The van der Waals surface area contributed by atoms with E-state index in [-0.39, 0.29) is 11.8 Å². The zero-order valence-electron chi connectivity index (χ0n) is 23.6. The van der Waals surface area contributed by atoms with Crippen molar-refractivity contribution in [1.82, 2.24) is 15.5 Å². The molecule has 0 radical (unpaired) electrons. The van der Waals surface area contributed by atoms with Gasteiger partial charge in [0.2, 0.25) is 0 Å². The number of aromatic nitrogens is 2. The van der Waals surface area contributed by atoms with Crippen LogP contribution in [0.2, 0.25) is 0 Å². The van der Waals surface area contributed by atoms with Gasteiger partial charge in [0, 0.05) is 18.0 Å². The first-order valence-corrected chi connectivity index (χ1v) is 15.3. The molecule has 2 heterocycles. The number of hydrogen-bond acceptors (Lipinski definition) is 5. The number of benzene rings is 4. The van der Waals surface area contributed by atoms with Gasteiger partial charge in [0.15, 0.2) is 5.76 Å². The molecule has 5 nitrogen and oxygen atoms in total. The van der Waals surface area contributed by atoms with E-state index in [0.29, 0.717) is 23.8 Å². The Balaban J connectivity index is 1.00. The van der Waals surface area contributed by atoms with Crippen molar-refractivity contribution in [2.75, 3.05) is 6.54 Å². The molecule has 0 aliphatic rings. The van der Waals surface area contributed by atoms with Crippen LogP contribution >= 0.6 is 11.8 Å². The predicted molar refractivity (Wildman–Crippen MR) is 173 cm³/mol. The summed E-state index contributed by atoms with van der Waals surface area (Å²) in [5, 5.41) is 12.6. The van der Waals surface area contributed by atoms with Crippen LogP contribution in [0.15, 0.2) is 149 Å². The maximum Gasteiger partial charge on any atom is 0.286 e. The average Bonchev–Trinajstić information content (AvgIpc) is 3.57. The van der Waals surface area contributed by atoms with Gasteiger partial charge in [-0.05, 0) is 52.9 Å². The molecule has 6 rings (SSSR count). The lowest BCUT2D eigenvalue weighted by atomic mass is 9.88. The Bertz CT molecular complexity index is 1700. The lowest BCUT2D eigenvalue weighted by Gasteiger charge is -2.18. The Morgan fingerprint density at radius 1 is 0.651 bits per heavy atom. The van der Waals surface area contributed by atoms with Gasteiger partial charge in [0.05, 0.1) is 11.4 Å². The van der Waals surface area contributed by atoms with Crippen LogP contribution in [0.1, 0.15) is 39.8 Å². The molecule has 6 heteroatoms. The Hall–Kier alpha value is -4.94. The van der Waals surface area contributed by atoms with E-state index >= 15 is 0 Å². The molecular weight excluding hydrogens is 550 g/mol. The second-order valence-electron chi connectivity index (χ2n) is 10.2. The van der Waals surface area contributed by atoms with E-state index in [9.17, 15) is 4.79 Å². The first-order chi connectivity index (χ1) is 21.2. The van der Waals surface area contributed by atoms with Crippen LogP contribution < -0.4 is 5.32 Å². The first kappa shape index (κ1) is 28.2. The average molecular weight is 582 g/mol. The summed E-state index contributed by atoms with van der Waals surface area (Å²) in [6.45, 7) is 0.537. The number of furan rings is 1. The number of carbonyl (C=O) groups excluding carboxylic acids is 1. The Labute approximate surface area is 256 Å². The highest BCUT2D eigenvalue weighted by molar-refractivity contribution is 7.98. The molecule has 1 N–H and O–H groups in total. The molecule has 2 aromatic heterocycles. The van der Waals surface area contributed by atoms with Crippen molar-refractivity contribution in [3.8, 4) is 22.4 Å². The molecule has 6 aromatic rings. The molecule has 43 heavy (non-hydrogen) atoms. The fourth-order valence-corrected chi connectivity index (χ4v) is 5.76. The van der Waals surface area contributed by atoms with E-state index < -0.39 is 0 Å². The minimum Gasteiger partial charge on any atom is -0.455 e. The molecule has 0 atom stereocenters. The van der Waals surface area contributed by atoms with Crippen molar-refractivity contribution in [2.24, 2.45) is 0 Å². The van der Waals surface area contributed by atoms with Crippen LogP contribution in [0.25, 0.3) is 22.4 Å². The molecule has 0 bridgehead atoms. The van der Waals surface area contributed by atoms with Crippen LogP contribution in [0.3, 0.4) is 0 Å². The molecule has 4 aromatic carbocycles. The Morgan fingerprint density at radius 3 is 1.88 bits per heavy atom. The number of hydrogen-bond donors (Lipinski definition) is 1. The smallest absolute Gasteiger partial charge is 0.286 e. The number of nitrogens with zero attached hydrogens (tertiary/aromatic N) is 2. The minimum atomic E-state index is -0.210. The molecule has 1 amide bonds. The summed E-state index contributed by atoms with van der Waals surface area (Å²) >= 11 is 1.52. The molecule has 0 aliphatic carbocycles. The highest BCUT2D eigenvalue weighted by Crippen LogP contribution is 2.28. The third-order valence-electron chi connectivity index (χ3n) is 7.30. The second kappa shape index (κ2) is 13.8. The van der Waals surface area contributed by atoms with Crippen LogP contribution in [0.4, 0.5) is 0 Å². The molecule has 0 spiro atoms. The van der Waals surface area contributed by atoms with Gasteiger partial charge in [-0.1, -0.05) is 127 Å². The predicted octanol–water partition coefficient (Wildman–Crippen LogP) is 8.65. The normalized spacial score (nSPS) is 11.0. The molecule has 0 fully saturated rings. The van der Waals surface area contributed by atoms with Gasteiger partial charge in [-0.25, -0.2) is 0 Å². The monoisotopic (exact) mass is 581 g/mol. The van der Waals surface area contributed by atoms with Crippen molar-refractivity contribution in [3.05, 3.63) is 162 Å². The van der Waals surface area contributed by atoms with Crippen molar-refractivity contribution in [1.29, 1.82) is 0 Å². The standard InChI is InChI=1S/C37H31N3O2S/c41-37(38-25-24-33(29-12-6-2-7-13-29)30-14-8-3-9-15-30)35-22-20-32(42-35)26-43-36-23-21-34(39-40-36)31-18-16-28(17-19-31)27-10-4-1-5-11-27/h1-23,33H,24-26H2,(H,38,41). The van der Waals surface area contributed by atoms with Crippen LogP contribution in [0, 0.1) is 0 Å². The molecule has 0 saturated heterocycles. The number of rotatable bonds is 11. The van der Waals surface area contributed by atoms with Crippen molar-refractivity contribution >= 4 is 17.7 Å². The van der Waals surface area contributed by atoms with E-state index in [4.69, 9.17) is 4.42 Å². The topological polar surface area (TPSA) is 68.0 Å². The van der Waals surface area contributed by atoms with E-state index in [2.05, 4.69) is 100 Å². The minimum absolute atomic E-state index is 0.201. The number of nitrogens with one attached hydrogen (secondary N) is 1. The van der Waals surface area contributed by atoms with Crippen LogP contribution in [0.5, 0.6) is 0 Å². The van der Waals surface area contributed by atoms with E-state index in [1.165, 1.54) is 34.0 Å². The highest BCUT2D eigenvalue weighted by atomic mass is 32.2. The van der Waals surface area contributed by atoms with Gasteiger partial charge in [-0.2, -0.15) is 0 Å². The van der Waals surface area contributed by atoms with Crippen LogP contribution in [-0.4, -0.2) is 22.6 Å². The van der Waals surface area contributed by atoms with Gasteiger partial charge in [0.1, 0.15) is 10.8 Å². The number of amides is 1. The van der Waals surface area contributed by atoms with Crippen molar-refractivity contribution in [3.63, 3.8) is 0 Å². The van der Waals surface area contributed by atoms with Crippen molar-refractivity contribution in [2.45, 2.75) is 23.1 Å². The SMILES string of the molecule is O=C(NCCC(c1ccccc1)c1ccccc1)c1ccc(CSc2ccc(-c3ccc(-c4ccccc4)cc3)nn2)o1. The Kier molecular flexibility index (Phi) is 9.06. The Morgan fingerprint density at radius 2 is 1.26 bits per heavy atom. The molecule has 0 unspecified atom stereocenters. The number of thioether (sulfide) groups is 1.